The molecule has 0 aliphatic rings. The molecule has 1 rings (SSSR count). The molecule has 0 aliphatic heterocycles. The predicted molar refractivity (Wildman–Crippen MR) is 48.7 cm³/mol. The Morgan fingerprint density at radius 3 is 2.64 bits per heavy atom. The molecule has 1 aromatic carbocycles. The molecule has 3 nitrogen and oxygen atoms in total. The number of carbonyl (C=O) groups is 1. The summed E-state index contributed by atoms with van der Waals surface area (Å²) in [7, 11) is 0. The largest absolute Gasteiger partial charge is 0.479 e. The van der Waals surface area contributed by atoms with Gasteiger partial charge in [0.1, 0.15) is 5.82 Å². The molecule has 0 fully saturated rings. The van der Waals surface area contributed by atoms with Gasteiger partial charge in [-0.3, -0.25) is 0 Å². The number of aliphatic hydroxyl groups excluding tert-OH is 1. The molecule has 0 spiro atoms. The third-order valence-corrected chi connectivity index (χ3v) is 2.37. The fraction of sp³-hybridized carbons (Fsp3) is 0.222. The maximum Gasteiger partial charge on any atom is 0.337 e. The van der Waals surface area contributed by atoms with Crippen LogP contribution in [0.4, 0.5) is 4.39 Å². The number of hydrogen-bond donors (Lipinski definition) is 2. The fourth-order valence-electron chi connectivity index (χ4n) is 1.10. The summed E-state index contributed by atoms with van der Waals surface area (Å²) >= 11 is 5.55. The van der Waals surface area contributed by atoms with Crippen molar-refractivity contribution in [2.75, 3.05) is 0 Å². The van der Waals surface area contributed by atoms with Crippen LogP contribution in [-0.2, 0) is 4.79 Å². The van der Waals surface area contributed by atoms with E-state index in [4.69, 9.17) is 16.7 Å². The minimum absolute atomic E-state index is 0.101. The van der Waals surface area contributed by atoms with Crippen LogP contribution >= 0.6 is 11.6 Å². The number of carboxylic acid groups (broad SMARTS) is 1. The molecule has 0 amide bonds. The minimum atomic E-state index is -1.67. The number of aliphatic carboxylic acids is 1. The van der Waals surface area contributed by atoms with E-state index in [0.29, 0.717) is 0 Å². The lowest BCUT2D eigenvalue weighted by molar-refractivity contribution is -0.147. The van der Waals surface area contributed by atoms with Crippen molar-refractivity contribution < 1.29 is 19.4 Å². The molecule has 5 heteroatoms. The molecular weight excluding hydrogens is 211 g/mol. The van der Waals surface area contributed by atoms with Gasteiger partial charge in [0.25, 0.3) is 0 Å². The van der Waals surface area contributed by atoms with Crippen LogP contribution in [0, 0.1) is 12.7 Å². The lowest BCUT2D eigenvalue weighted by atomic mass is 10.0. The highest BCUT2D eigenvalue weighted by molar-refractivity contribution is 6.31. The second kappa shape index (κ2) is 3.94. The average Bonchev–Trinajstić information content (AvgIpc) is 2.13. The highest BCUT2D eigenvalue weighted by Crippen LogP contribution is 2.26. The molecule has 0 heterocycles. The Bertz CT molecular complexity index is 379. The second-order valence-corrected chi connectivity index (χ2v) is 3.19. The van der Waals surface area contributed by atoms with Crippen molar-refractivity contribution in [1.29, 1.82) is 0 Å². The van der Waals surface area contributed by atoms with E-state index in [1.165, 1.54) is 13.0 Å². The van der Waals surface area contributed by atoms with E-state index in [-0.39, 0.29) is 16.1 Å². The number of rotatable bonds is 2. The van der Waals surface area contributed by atoms with Gasteiger partial charge < -0.3 is 10.2 Å². The molecule has 2 N–H and O–H groups in total. The van der Waals surface area contributed by atoms with Crippen LogP contribution in [0.3, 0.4) is 0 Å². The lowest BCUT2D eigenvalue weighted by Gasteiger charge is -2.10. The van der Waals surface area contributed by atoms with Crippen LogP contribution in [0.2, 0.25) is 5.02 Å². The van der Waals surface area contributed by atoms with Gasteiger partial charge in [-0.25, -0.2) is 9.18 Å². The summed E-state index contributed by atoms with van der Waals surface area (Å²) in [6.45, 7) is 1.45. The summed E-state index contributed by atoms with van der Waals surface area (Å²) in [6.07, 6.45) is -1.67. The first-order valence-corrected chi connectivity index (χ1v) is 4.18. The molecular formula is C9H8ClFO3. The monoisotopic (exact) mass is 218 g/mol. The molecule has 0 aliphatic carbocycles. The van der Waals surface area contributed by atoms with Crippen molar-refractivity contribution in [3.63, 3.8) is 0 Å². The Morgan fingerprint density at radius 1 is 1.57 bits per heavy atom. The zero-order valence-corrected chi connectivity index (χ0v) is 8.05. The van der Waals surface area contributed by atoms with Crippen molar-refractivity contribution in [3.05, 3.63) is 34.1 Å². The summed E-state index contributed by atoms with van der Waals surface area (Å²) in [5.41, 5.74) is 0.338. The number of halogens is 2. The Hall–Kier alpha value is -1.13. The van der Waals surface area contributed by atoms with Crippen LogP contribution in [0.15, 0.2) is 12.1 Å². The maximum atomic E-state index is 12.9. The van der Waals surface area contributed by atoms with Gasteiger partial charge in [0.05, 0.1) is 5.02 Å². The van der Waals surface area contributed by atoms with E-state index in [1.807, 2.05) is 0 Å². The molecule has 0 radical (unpaired) electrons. The van der Waals surface area contributed by atoms with Crippen LogP contribution in [-0.4, -0.2) is 16.2 Å². The smallest absolute Gasteiger partial charge is 0.337 e. The number of aliphatic hydroxyl groups is 1. The van der Waals surface area contributed by atoms with Gasteiger partial charge >= 0.3 is 5.97 Å². The van der Waals surface area contributed by atoms with E-state index in [1.54, 1.807) is 0 Å². The van der Waals surface area contributed by atoms with Crippen LogP contribution < -0.4 is 0 Å². The zero-order chi connectivity index (χ0) is 10.9. The van der Waals surface area contributed by atoms with Gasteiger partial charge in [-0.05, 0) is 24.1 Å². The Kier molecular flexibility index (Phi) is 3.08. The van der Waals surface area contributed by atoms with Gasteiger partial charge in [-0.2, -0.15) is 0 Å². The Balaban J connectivity index is 3.24. The Labute approximate surface area is 84.7 Å². The third kappa shape index (κ3) is 1.86. The third-order valence-electron chi connectivity index (χ3n) is 1.91. The van der Waals surface area contributed by atoms with Gasteiger partial charge in [-0.1, -0.05) is 17.7 Å². The molecule has 1 atom stereocenters. The molecule has 0 saturated carbocycles. The minimum Gasteiger partial charge on any atom is -0.479 e. The van der Waals surface area contributed by atoms with E-state index >= 15 is 0 Å². The molecule has 0 saturated heterocycles. The standard InChI is InChI=1S/C9H8ClFO3/c1-4-5(8(12)9(13)14)2-3-6(11)7(4)10/h2-3,8,12H,1H3,(H,13,14). The normalized spacial score (nSPS) is 12.6. The first kappa shape index (κ1) is 10.9. The SMILES string of the molecule is Cc1c(C(O)C(=O)O)ccc(F)c1Cl. The highest BCUT2D eigenvalue weighted by Gasteiger charge is 2.20. The van der Waals surface area contributed by atoms with Crippen molar-refractivity contribution >= 4 is 17.6 Å². The highest BCUT2D eigenvalue weighted by atomic mass is 35.5. The lowest BCUT2D eigenvalue weighted by Crippen LogP contribution is -2.12. The summed E-state index contributed by atoms with van der Waals surface area (Å²) in [5, 5.41) is 17.6. The summed E-state index contributed by atoms with van der Waals surface area (Å²) < 4.78 is 12.9. The number of hydrogen-bond acceptors (Lipinski definition) is 2. The first-order chi connectivity index (χ1) is 6.45. The predicted octanol–water partition coefficient (Wildman–Crippen LogP) is 1.91. The van der Waals surface area contributed by atoms with Crippen LogP contribution in [0.1, 0.15) is 17.2 Å². The molecule has 1 aromatic rings. The summed E-state index contributed by atoms with van der Waals surface area (Å²) in [4.78, 5) is 10.5. The van der Waals surface area contributed by atoms with E-state index in [0.717, 1.165) is 6.07 Å². The van der Waals surface area contributed by atoms with E-state index < -0.39 is 17.9 Å². The van der Waals surface area contributed by atoms with E-state index in [2.05, 4.69) is 0 Å². The second-order valence-electron chi connectivity index (χ2n) is 2.82. The van der Waals surface area contributed by atoms with Gasteiger partial charge in [0.2, 0.25) is 0 Å². The molecule has 14 heavy (non-hydrogen) atoms. The summed E-state index contributed by atoms with van der Waals surface area (Å²) in [5.74, 6) is -2.03. The molecule has 76 valence electrons. The maximum absolute atomic E-state index is 12.9. The zero-order valence-electron chi connectivity index (χ0n) is 7.29. The van der Waals surface area contributed by atoms with Gasteiger partial charge in [-0.15, -0.1) is 0 Å². The number of benzene rings is 1. The summed E-state index contributed by atoms with van der Waals surface area (Å²) in [6, 6.07) is 2.23. The van der Waals surface area contributed by atoms with Crippen molar-refractivity contribution in [3.8, 4) is 0 Å². The van der Waals surface area contributed by atoms with E-state index in [9.17, 15) is 14.3 Å². The van der Waals surface area contributed by atoms with Crippen molar-refractivity contribution in [2.45, 2.75) is 13.0 Å². The first-order valence-electron chi connectivity index (χ1n) is 3.80. The van der Waals surface area contributed by atoms with Gasteiger partial charge in [0.15, 0.2) is 6.10 Å². The fourth-order valence-corrected chi connectivity index (χ4v) is 1.27. The molecule has 0 aromatic heterocycles. The molecule has 1 unspecified atom stereocenters. The Morgan fingerprint density at radius 2 is 2.14 bits per heavy atom. The average molecular weight is 219 g/mol. The van der Waals surface area contributed by atoms with Crippen molar-refractivity contribution in [2.24, 2.45) is 0 Å². The van der Waals surface area contributed by atoms with Crippen molar-refractivity contribution in [1.82, 2.24) is 0 Å². The van der Waals surface area contributed by atoms with Gasteiger partial charge in [0, 0.05) is 0 Å². The molecule has 0 bridgehead atoms. The van der Waals surface area contributed by atoms with Crippen LogP contribution in [0.5, 0.6) is 0 Å². The van der Waals surface area contributed by atoms with Crippen LogP contribution in [0.25, 0.3) is 0 Å². The quantitative estimate of drug-likeness (QED) is 0.797. The topological polar surface area (TPSA) is 57.5 Å². The number of carboxylic acids is 1.